The van der Waals surface area contributed by atoms with Gasteiger partial charge in [0.15, 0.2) is 0 Å². The predicted molar refractivity (Wildman–Crippen MR) is 99.3 cm³/mol. The highest BCUT2D eigenvalue weighted by molar-refractivity contribution is 6.30. The van der Waals surface area contributed by atoms with Crippen molar-refractivity contribution in [3.8, 4) is 5.75 Å². The lowest BCUT2D eigenvalue weighted by atomic mass is 10.1. The van der Waals surface area contributed by atoms with Crippen LogP contribution in [0, 0.1) is 0 Å². The lowest BCUT2D eigenvalue weighted by molar-refractivity contribution is -0.114. The maximum atomic E-state index is 12.0. The minimum absolute atomic E-state index is 0.0329. The first-order valence-corrected chi connectivity index (χ1v) is 8.12. The van der Waals surface area contributed by atoms with Gasteiger partial charge in [-0.2, -0.15) is 0 Å². The third-order valence-corrected chi connectivity index (χ3v) is 3.44. The van der Waals surface area contributed by atoms with Crippen LogP contribution in [-0.2, 0) is 4.79 Å². The number of carbonyl (C=O) groups is 2. The van der Waals surface area contributed by atoms with E-state index in [9.17, 15) is 9.59 Å². The first kappa shape index (κ1) is 18.6. The van der Waals surface area contributed by atoms with Crippen molar-refractivity contribution in [2.75, 3.05) is 17.2 Å². The number of hydrogen-bond donors (Lipinski definition) is 3. The molecule has 6 nitrogen and oxygen atoms in total. The van der Waals surface area contributed by atoms with Crippen molar-refractivity contribution in [1.29, 1.82) is 0 Å². The molecule has 2 rings (SSSR count). The fraction of sp³-hybridized carbons (Fsp3) is 0.222. The Balaban J connectivity index is 2.00. The zero-order chi connectivity index (χ0) is 18.4. The van der Waals surface area contributed by atoms with Gasteiger partial charge in [-0.1, -0.05) is 11.6 Å². The van der Waals surface area contributed by atoms with Crippen LogP contribution in [0.25, 0.3) is 0 Å². The van der Waals surface area contributed by atoms with Gasteiger partial charge in [-0.25, -0.2) is 0 Å². The SMILES string of the molecule is CC(C)Oc1ccc(NCC(=O)Nc2ccc(Cl)cc2)cc1C(N)=O. The van der Waals surface area contributed by atoms with Crippen LogP contribution in [0.15, 0.2) is 42.5 Å². The van der Waals surface area contributed by atoms with E-state index in [0.29, 0.717) is 22.1 Å². The van der Waals surface area contributed by atoms with E-state index >= 15 is 0 Å². The maximum absolute atomic E-state index is 12.0. The second-order valence-corrected chi connectivity index (χ2v) is 6.09. The molecule has 2 amide bonds. The van der Waals surface area contributed by atoms with E-state index in [1.807, 2.05) is 13.8 Å². The van der Waals surface area contributed by atoms with Crippen LogP contribution in [0.2, 0.25) is 5.02 Å². The third kappa shape index (κ3) is 5.69. The van der Waals surface area contributed by atoms with Crippen LogP contribution in [-0.4, -0.2) is 24.5 Å². The number of anilines is 2. The van der Waals surface area contributed by atoms with Crippen molar-refractivity contribution < 1.29 is 14.3 Å². The van der Waals surface area contributed by atoms with Crippen molar-refractivity contribution in [3.05, 3.63) is 53.1 Å². The Labute approximate surface area is 151 Å². The number of benzene rings is 2. The fourth-order valence-corrected chi connectivity index (χ4v) is 2.24. The number of nitrogens with one attached hydrogen (secondary N) is 2. The summed E-state index contributed by atoms with van der Waals surface area (Å²) in [5.74, 6) is -0.408. The first-order chi connectivity index (χ1) is 11.8. The van der Waals surface area contributed by atoms with Crippen LogP contribution in [0.5, 0.6) is 5.75 Å². The van der Waals surface area contributed by atoms with Crippen molar-refractivity contribution in [3.63, 3.8) is 0 Å². The van der Waals surface area contributed by atoms with Crippen LogP contribution >= 0.6 is 11.6 Å². The molecule has 0 radical (unpaired) electrons. The summed E-state index contributed by atoms with van der Waals surface area (Å²) in [6.45, 7) is 3.75. The Morgan fingerprint density at radius 2 is 1.76 bits per heavy atom. The largest absolute Gasteiger partial charge is 0.490 e. The Bertz CT molecular complexity index is 761. The molecule has 0 aliphatic heterocycles. The number of halogens is 1. The molecule has 0 aromatic heterocycles. The number of amides is 2. The molecule has 132 valence electrons. The summed E-state index contributed by atoms with van der Waals surface area (Å²) in [7, 11) is 0. The van der Waals surface area contributed by atoms with Gasteiger partial charge in [0, 0.05) is 16.4 Å². The summed E-state index contributed by atoms with van der Waals surface area (Å²) in [6, 6.07) is 11.7. The molecule has 7 heteroatoms. The van der Waals surface area contributed by atoms with Gasteiger partial charge in [-0.05, 0) is 56.3 Å². The fourth-order valence-electron chi connectivity index (χ4n) is 2.11. The molecule has 2 aromatic rings. The summed E-state index contributed by atoms with van der Waals surface area (Å²) in [4.78, 5) is 23.6. The number of primary amides is 1. The van der Waals surface area contributed by atoms with Crippen LogP contribution in [0.4, 0.5) is 11.4 Å². The van der Waals surface area contributed by atoms with Gasteiger partial charge in [0.1, 0.15) is 5.75 Å². The molecule has 0 spiro atoms. The minimum atomic E-state index is -0.593. The highest BCUT2D eigenvalue weighted by Crippen LogP contribution is 2.23. The topological polar surface area (TPSA) is 93.4 Å². The number of hydrogen-bond acceptors (Lipinski definition) is 4. The van der Waals surface area contributed by atoms with Gasteiger partial charge >= 0.3 is 0 Å². The lowest BCUT2D eigenvalue weighted by Gasteiger charge is -2.14. The zero-order valence-electron chi connectivity index (χ0n) is 14.0. The van der Waals surface area contributed by atoms with Crippen LogP contribution in [0.1, 0.15) is 24.2 Å². The van der Waals surface area contributed by atoms with E-state index in [-0.39, 0.29) is 24.1 Å². The van der Waals surface area contributed by atoms with Gasteiger partial charge in [-0.15, -0.1) is 0 Å². The standard InChI is InChI=1S/C18H20ClN3O3/c1-11(2)25-16-8-7-14(9-15(16)18(20)24)21-10-17(23)22-13-5-3-12(19)4-6-13/h3-9,11,21H,10H2,1-2H3,(H2,20,24)(H,22,23). The third-order valence-electron chi connectivity index (χ3n) is 3.19. The van der Waals surface area contributed by atoms with Crippen molar-refractivity contribution in [2.24, 2.45) is 5.73 Å². The molecule has 0 heterocycles. The normalized spacial score (nSPS) is 10.4. The molecule has 0 saturated heterocycles. The van der Waals surface area contributed by atoms with Gasteiger partial charge in [-0.3, -0.25) is 9.59 Å². The number of nitrogens with two attached hydrogens (primary N) is 1. The average Bonchev–Trinajstić information content (AvgIpc) is 2.55. The number of carbonyl (C=O) groups excluding carboxylic acids is 2. The Kier molecular flexibility index (Phi) is 6.25. The molecule has 0 saturated carbocycles. The van der Waals surface area contributed by atoms with E-state index in [4.69, 9.17) is 22.1 Å². The maximum Gasteiger partial charge on any atom is 0.252 e. The van der Waals surface area contributed by atoms with Gasteiger partial charge < -0.3 is 21.1 Å². The molecule has 0 unspecified atom stereocenters. The van der Waals surface area contributed by atoms with E-state index in [0.717, 1.165) is 0 Å². The number of ether oxygens (including phenoxy) is 1. The highest BCUT2D eigenvalue weighted by Gasteiger charge is 2.12. The number of rotatable bonds is 7. The molecular weight excluding hydrogens is 342 g/mol. The average molecular weight is 362 g/mol. The van der Waals surface area contributed by atoms with Crippen molar-refractivity contribution in [2.45, 2.75) is 20.0 Å². The van der Waals surface area contributed by atoms with Gasteiger partial charge in [0.2, 0.25) is 5.91 Å². The van der Waals surface area contributed by atoms with Crippen molar-refractivity contribution in [1.82, 2.24) is 0 Å². The second-order valence-electron chi connectivity index (χ2n) is 5.65. The molecule has 0 bridgehead atoms. The summed E-state index contributed by atoms with van der Waals surface area (Å²) in [5, 5.41) is 6.28. The smallest absolute Gasteiger partial charge is 0.252 e. The first-order valence-electron chi connectivity index (χ1n) is 7.75. The second kappa shape index (κ2) is 8.39. The Morgan fingerprint density at radius 3 is 2.36 bits per heavy atom. The molecule has 0 fully saturated rings. The lowest BCUT2D eigenvalue weighted by Crippen LogP contribution is -2.22. The summed E-state index contributed by atoms with van der Waals surface area (Å²) >= 11 is 5.80. The van der Waals surface area contributed by atoms with Crippen molar-refractivity contribution >= 4 is 34.8 Å². The molecule has 0 atom stereocenters. The van der Waals surface area contributed by atoms with Crippen LogP contribution < -0.4 is 21.1 Å². The Hall–Kier alpha value is -2.73. The summed E-state index contributed by atoms with van der Waals surface area (Å²) in [5.41, 5.74) is 6.90. The monoisotopic (exact) mass is 361 g/mol. The molecule has 0 aliphatic carbocycles. The zero-order valence-corrected chi connectivity index (χ0v) is 14.8. The molecule has 0 aliphatic rings. The van der Waals surface area contributed by atoms with E-state index in [1.54, 1.807) is 42.5 Å². The molecule has 25 heavy (non-hydrogen) atoms. The molecular formula is C18H20ClN3O3. The highest BCUT2D eigenvalue weighted by atomic mass is 35.5. The Morgan fingerprint density at radius 1 is 1.12 bits per heavy atom. The van der Waals surface area contributed by atoms with Crippen LogP contribution in [0.3, 0.4) is 0 Å². The quantitative estimate of drug-likeness (QED) is 0.705. The van der Waals surface area contributed by atoms with E-state index in [2.05, 4.69) is 10.6 Å². The molecule has 2 aromatic carbocycles. The molecule has 4 N–H and O–H groups in total. The van der Waals surface area contributed by atoms with E-state index < -0.39 is 5.91 Å². The van der Waals surface area contributed by atoms with E-state index in [1.165, 1.54) is 0 Å². The predicted octanol–water partition coefficient (Wildman–Crippen LogP) is 3.28. The van der Waals surface area contributed by atoms with Gasteiger partial charge in [0.25, 0.3) is 5.91 Å². The minimum Gasteiger partial charge on any atom is -0.490 e. The van der Waals surface area contributed by atoms with Gasteiger partial charge in [0.05, 0.1) is 18.2 Å². The summed E-state index contributed by atoms with van der Waals surface area (Å²) in [6.07, 6.45) is -0.0814. The summed E-state index contributed by atoms with van der Waals surface area (Å²) < 4.78 is 5.56.